The van der Waals surface area contributed by atoms with Crippen LogP contribution in [0.5, 0.6) is 0 Å². The summed E-state index contributed by atoms with van der Waals surface area (Å²) in [7, 11) is 0. The standard InChI is InChI=1S/C13H28N2OS.ClH/c1-10(2)6-7-17-8-12(16)15-13(5,9-14)11(3)4;/h10-11H,6-9,14H2,1-5H3,(H,15,16);1H. The maximum absolute atomic E-state index is 11.8. The van der Waals surface area contributed by atoms with Gasteiger partial charge in [0.15, 0.2) is 0 Å². The SMILES string of the molecule is CC(C)CCSCC(=O)NC(C)(CN)C(C)C.Cl. The first-order valence-electron chi connectivity index (χ1n) is 6.40. The van der Waals surface area contributed by atoms with Gasteiger partial charge in [0.1, 0.15) is 0 Å². The van der Waals surface area contributed by atoms with E-state index in [9.17, 15) is 4.79 Å². The second-order valence-corrected chi connectivity index (χ2v) is 6.66. The first-order chi connectivity index (χ1) is 7.81. The molecule has 0 fully saturated rings. The number of hydrogen-bond acceptors (Lipinski definition) is 3. The van der Waals surface area contributed by atoms with Gasteiger partial charge in [-0.15, -0.1) is 12.4 Å². The molecule has 0 bridgehead atoms. The summed E-state index contributed by atoms with van der Waals surface area (Å²) in [5.74, 6) is 2.73. The maximum Gasteiger partial charge on any atom is 0.230 e. The van der Waals surface area contributed by atoms with Crippen molar-refractivity contribution in [3.63, 3.8) is 0 Å². The number of halogens is 1. The van der Waals surface area contributed by atoms with Crippen molar-refractivity contribution in [1.29, 1.82) is 0 Å². The van der Waals surface area contributed by atoms with Gasteiger partial charge in [0.2, 0.25) is 5.91 Å². The van der Waals surface area contributed by atoms with E-state index < -0.39 is 0 Å². The van der Waals surface area contributed by atoms with Gasteiger partial charge in [-0.3, -0.25) is 4.79 Å². The molecule has 0 heterocycles. The van der Waals surface area contributed by atoms with E-state index in [-0.39, 0.29) is 23.9 Å². The van der Waals surface area contributed by atoms with Crippen molar-refractivity contribution in [2.75, 3.05) is 18.1 Å². The third-order valence-corrected chi connectivity index (χ3v) is 4.19. The summed E-state index contributed by atoms with van der Waals surface area (Å²) >= 11 is 1.70. The summed E-state index contributed by atoms with van der Waals surface area (Å²) in [6.07, 6.45) is 1.16. The minimum atomic E-state index is -0.282. The summed E-state index contributed by atoms with van der Waals surface area (Å²) in [6.45, 7) is 11.1. The van der Waals surface area contributed by atoms with Crippen LogP contribution in [0.15, 0.2) is 0 Å². The van der Waals surface area contributed by atoms with E-state index in [1.807, 2.05) is 6.92 Å². The zero-order valence-electron chi connectivity index (χ0n) is 12.3. The fraction of sp³-hybridized carbons (Fsp3) is 0.923. The van der Waals surface area contributed by atoms with Gasteiger partial charge in [0, 0.05) is 6.54 Å². The molecule has 0 spiro atoms. The quantitative estimate of drug-likeness (QED) is 0.677. The molecule has 1 amide bonds. The highest BCUT2D eigenvalue weighted by molar-refractivity contribution is 7.99. The van der Waals surface area contributed by atoms with Crippen molar-refractivity contribution in [1.82, 2.24) is 5.32 Å². The van der Waals surface area contributed by atoms with Crippen molar-refractivity contribution in [3.8, 4) is 0 Å². The van der Waals surface area contributed by atoms with Crippen LogP contribution in [0, 0.1) is 11.8 Å². The van der Waals surface area contributed by atoms with Crippen molar-refractivity contribution in [2.45, 2.75) is 46.6 Å². The van der Waals surface area contributed by atoms with Crippen LogP contribution < -0.4 is 11.1 Å². The monoisotopic (exact) mass is 296 g/mol. The molecule has 0 saturated carbocycles. The summed E-state index contributed by atoms with van der Waals surface area (Å²) in [5, 5.41) is 3.05. The maximum atomic E-state index is 11.8. The third kappa shape index (κ3) is 8.22. The number of carbonyl (C=O) groups is 1. The normalized spacial score (nSPS) is 14.2. The second-order valence-electron chi connectivity index (χ2n) is 5.56. The van der Waals surface area contributed by atoms with Gasteiger partial charge in [-0.25, -0.2) is 0 Å². The average Bonchev–Trinajstić information content (AvgIpc) is 2.23. The van der Waals surface area contributed by atoms with Crippen molar-refractivity contribution < 1.29 is 4.79 Å². The van der Waals surface area contributed by atoms with Gasteiger partial charge >= 0.3 is 0 Å². The zero-order chi connectivity index (χ0) is 13.5. The molecule has 0 aliphatic heterocycles. The molecule has 0 aliphatic rings. The lowest BCUT2D eigenvalue weighted by Gasteiger charge is -2.33. The Morgan fingerprint density at radius 1 is 1.33 bits per heavy atom. The Bertz CT molecular complexity index is 237. The first kappa shape index (κ1) is 20.4. The minimum Gasteiger partial charge on any atom is -0.349 e. The van der Waals surface area contributed by atoms with Crippen molar-refractivity contribution in [2.24, 2.45) is 17.6 Å². The van der Waals surface area contributed by atoms with Gasteiger partial charge in [0.05, 0.1) is 11.3 Å². The smallest absolute Gasteiger partial charge is 0.230 e. The van der Waals surface area contributed by atoms with Crippen LogP contribution in [0.2, 0.25) is 0 Å². The Morgan fingerprint density at radius 3 is 2.28 bits per heavy atom. The summed E-state index contributed by atoms with van der Waals surface area (Å²) in [5.41, 5.74) is 5.45. The predicted molar refractivity (Wildman–Crippen MR) is 84.5 cm³/mol. The average molecular weight is 297 g/mol. The largest absolute Gasteiger partial charge is 0.349 e. The number of nitrogens with two attached hydrogens (primary N) is 1. The van der Waals surface area contributed by atoms with Crippen LogP contribution in [-0.2, 0) is 4.79 Å². The molecule has 0 saturated heterocycles. The summed E-state index contributed by atoms with van der Waals surface area (Å²) in [6, 6.07) is 0. The molecule has 0 aromatic heterocycles. The number of nitrogens with one attached hydrogen (secondary N) is 1. The molecule has 110 valence electrons. The topological polar surface area (TPSA) is 55.1 Å². The van der Waals surface area contributed by atoms with E-state index in [1.54, 1.807) is 11.8 Å². The van der Waals surface area contributed by atoms with E-state index in [1.165, 1.54) is 0 Å². The zero-order valence-corrected chi connectivity index (χ0v) is 13.9. The van der Waals surface area contributed by atoms with Gasteiger partial charge in [-0.2, -0.15) is 11.8 Å². The van der Waals surface area contributed by atoms with Crippen LogP contribution in [-0.4, -0.2) is 29.5 Å². The van der Waals surface area contributed by atoms with E-state index in [4.69, 9.17) is 5.73 Å². The molecule has 0 aromatic rings. The molecule has 3 nitrogen and oxygen atoms in total. The van der Waals surface area contributed by atoms with Crippen LogP contribution in [0.4, 0.5) is 0 Å². The van der Waals surface area contributed by atoms with Crippen LogP contribution in [0.3, 0.4) is 0 Å². The third-order valence-electron chi connectivity index (χ3n) is 3.20. The number of thioether (sulfide) groups is 1. The van der Waals surface area contributed by atoms with Gasteiger partial charge in [-0.05, 0) is 30.9 Å². The van der Waals surface area contributed by atoms with Crippen molar-refractivity contribution >= 4 is 30.1 Å². The minimum absolute atomic E-state index is 0. The number of rotatable bonds is 8. The Hall–Kier alpha value is 0.0700. The van der Waals surface area contributed by atoms with E-state index in [2.05, 4.69) is 33.0 Å². The number of amides is 1. The Balaban J connectivity index is 0. The van der Waals surface area contributed by atoms with Gasteiger partial charge in [-0.1, -0.05) is 27.7 Å². The molecule has 5 heteroatoms. The molecule has 18 heavy (non-hydrogen) atoms. The molecule has 0 rings (SSSR count). The van der Waals surface area contributed by atoms with Crippen LogP contribution in [0.1, 0.15) is 41.0 Å². The molecule has 1 atom stereocenters. The molecule has 1 unspecified atom stereocenters. The lowest BCUT2D eigenvalue weighted by Crippen LogP contribution is -2.55. The first-order valence-corrected chi connectivity index (χ1v) is 7.56. The molecule has 0 radical (unpaired) electrons. The summed E-state index contributed by atoms with van der Waals surface area (Å²) < 4.78 is 0. The van der Waals surface area contributed by atoms with Crippen LogP contribution in [0.25, 0.3) is 0 Å². The highest BCUT2D eigenvalue weighted by Crippen LogP contribution is 2.15. The Kier molecular flexibility index (Phi) is 11.2. The van der Waals surface area contributed by atoms with Crippen LogP contribution >= 0.6 is 24.2 Å². The van der Waals surface area contributed by atoms with E-state index in [0.717, 1.165) is 12.2 Å². The second kappa shape index (κ2) is 9.93. The fourth-order valence-corrected chi connectivity index (χ4v) is 2.31. The lowest BCUT2D eigenvalue weighted by molar-refractivity contribution is -0.120. The molecular weight excluding hydrogens is 268 g/mol. The van der Waals surface area contributed by atoms with Gasteiger partial charge in [0.25, 0.3) is 0 Å². The van der Waals surface area contributed by atoms with Crippen molar-refractivity contribution in [3.05, 3.63) is 0 Å². The lowest BCUT2D eigenvalue weighted by atomic mass is 9.88. The van der Waals surface area contributed by atoms with E-state index >= 15 is 0 Å². The molecular formula is C13H29ClN2OS. The molecule has 3 N–H and O–H groups in total. The number of hydrogen-bond donors (Lipinski definition) is 2. The highest BCUT2D eigenvalue weighted by atomic mass is 35.5. The highest BCUT2D eigenvalue weighted by Gasteiger charge is 2.28. The number of carbonyl (C=O) groups excluding carboxylic acids is 1. The molecule has 0 aromatic carbocycles. The summed E-state index contributed by atoms with van der Waals surface area (Å²) in [4.78, 5) is 11.8. The Morgan fingerprint density at radius 2 is 1.89 bits per heavy atom. The molecule has 0 aliphatic carbocycles. The Labute approximate surface area is 122 Å². The van der Waals surface area contributed by atoms with E-state index in [0.29, 0.717) is 24.1 Å². The van der Waals surface area contributed by atoms with Gasteiger partial charge < -0.3 is 11.1 Å². The fourth-order valence-electron chi connectivity index (χ4n) is 1.27. The predicted octanol–water partition coefficient (Wildman–Crippen LogP) is 2.68.